The highest BCUT2D eigenvalue weighted by Crippen LogP contribution is 2.37. The van der Waals surface area contributed by atoms with Crippen LogP contribution in [0.25, 0.3) is 0 Å². The molecule has 0 aromatic rings. The molecule has 0 unspecified atom stereocenters. The zero-order valence-corrected chi connectivity index (χ0v) is 10.6. The highest BCUT2D eigenvalue weighted by atomic mass is 14.9. The van der Waals surface area contributed by atoms with Crippen molar-refractivity contribution in [2.24, 2.45) is 15.9 Å². The third-order valence-electron chi connectivity index (χ3n) is 3.38. The molecular formula is C13H24N2. The maximum atomic E-state index is 4.64. The Labute approximate surface area is 93.9 Å². The SMILES string of the molecule is CC(C)N=C=NC1(C(C)C)CCCCC1. The molecule has 0 spiro atoms. The minimum atomic E-state index is 0.136. The van der Waals surface area contributed by atoms with E-state index in [0.29, 0.717) is 12.0 Å². The molecule has 1 aliphatic rings. The maximum Gasteiger partial charge on any atom is 0.0901 e. The van der Waals surface area contributed by atoms with Gasteiger partial charge < -0.3 is 0 Å². The van der Waals surface area contributed by atoms with E-state index in [4.69, 9.17) is 0 Å². The van der Waals surface area contributed by atoms with Gasteiger partial charge in [-0.1, -0.05) is 33.1 Å². The van der Waals surface area contributed by atoms with Crippen molar-refractivity contribution in [1.82, 2.24) is 0 Å². The lowest BCUT2D eigenvalue weighted by molar-refractivity contribution is 0.225. The zero-order chi connectivity index (χ0) is 11.3. The van der Waals surface area contributed by atoms with Crippen LogP contribution in [-0.4, -0.2) is 17.6 Å². The van der Waals surface area contributed by atoms with E-state index in [-0.39, 0.29) is 5.54 Å². The average molecular weight is 208 g/mol. The van der Waals surface area contributed by atoms with Crippen LogP contribution in [-0.2, 0) is 0 Å². The van der Waals surface area contributed by atoms with Gasteiger partial charge in [-0.25, -0.2) is 9.98 Å². The molecule has 0 amide bonds. The first-order valence-electron chi connectivity index (χ1n) is 6.23. The highest BCUT2D eigenvalue weighted by Gasteiger charge is 2.34. The molecule has 15 heavy (non-hydrogen) atoms. The molecule has 0 radical (unpaired) electrons. The molecule has 86 valence electrons. The van der Waals surface area contributed by atoms with Gasteiger partial charge in [-0.15, -0.1) is 0 Å². The maximum absolute atomic E-state index is 4.64. The zero-order valence-electron chi connectivity index (χ0n) is 10.6. The first-order chi connectivity index (χ1) is 7.07. The Morgan fingerprint density at radius 3 is 2.07 bits per heavy atom. The van der Waals surface area contributed by atoms with Crippen LogP contribution in [0.3, 0.4) is 0 Å². The third-order valence-corrected chi connectivity index (χ3v) is 3.38. The van der Waals surface area contributed by atoms with Gasteiger partial charge in [0.25, 0.3) is 0 Å². The van der Waals surface area contributed by atoms with Crippen LogP contribution in [0.4, 0.5) is 0 Å². The second kappa shape index (κ2) is 5.46. The number of nitrogens with zero attached hydrogens (tertiary/aromatic N) is 2. The monoisotopic (exact) mass is 208 g/mol. The third kappa shape index (κ3) is 3.46. The van der Waals surface area contributed by atoms with E-state index >= 15 is 0 Å². The fourth-order valence-corrected chi connectivity index (χ4v) is 2.23. The summed E-state index contributed by atoms with van der Waals surface area (Å²) in [4.78, 5) is 8.87. The molecule has 2 nitrogen and oxygen atoms in total. The smallest absolute Gasteiger partial charge is 0.0901 e. The molecule has 0 aromatic heterocycles. The summed E-state index contributed by atoms with van der Waals surface area (Å²) in [5, 5.41) is 0. The highest BCUT2D eigenvalue weighted by molar-refractivity contribution is 5.43. The van der Waals surface area contributed by atoms with Crippen LogP contribution in [0.2, 0.25) is 0 Å². The summed E-state index contributed by atoms with van der Waals surface area (Å²) >= 11 is 0. The van der Waals surface area contributed by atoms with E-state index < -0.39 is 0 Å². The first kappa shape index (κ1) is 12.4. The second-order valence-electron chi connectivity index (χ2n) is 5.25. The van der Waals surface area contributed by atoms with E-state index in [1.165, 1.54) is 32.1 Å². The molecule has 0 aromatic carbocycles. The van der Waals surface area contributed by atoms with Crippen LogP contribution in [0.15, 0.2) is 9.98 Å². The molecule has 0 N–H and O–H groups in total. The first-order valence-corrected chi connectivity index (χ1v) is 6.23. The Hall–Kier alpha value is -0.620. The molecule has 0 aliphatic heterocycles. The molecule has 1 rings (SSSR count). The van der Waals surface area contributed by atoms with Gasteiger partial charge >= 0.3 is 0 Å². The lowest BCUT2D eigenvalue weighted by Crippen LogP contribution is -2.35. The second-order valence-corrected chi connectivity index (χ2v) is 5.25. The summed E-state index contributed by atoms with van der Waals surface area (Å²) < 4.78 is 0. The standard InChI is InChI=1S/C13H24N2/c1-11(2)13(8-6-5-7-9-13)15-10-14-12(3)4/h11-12H,5-9H2,1-4H3. The van der Waals surface area contributed by atoms with Crippen molar-refractivity contribution in [2.75, 3.05) is 0 Å². The fraction of sp³-hybridized carbons (Fsp3) is 0.923. The number of aliphatic imine (C=N–C) groups is 2. The van der Waals surface area contributed by atoms with Gasteiger partial charge in [0.05, 0.1) is 17.6 Å². The topological polar surface area (TPSA) is 24.7 Å². The summed E-state index contributed by atoms with van der Waals surface area (Å²) in [6.07, 6.45) is 6.41. The largest absolute Gasteiger partial charge is 0.223 e. The predicted octanol–water partition coefficient (Wildman–Crippen LogP) is 3.93. The molecule has 0 atom stereocenters. The van der Waals surface area contributed by atoms with Crippen molar-refractivity contribution in [2.45, 2.75) is 71.4 Å². The summed E-state index contributed by atoms with van der Waals surface area (Å²) in [5.74, 6) is 0.604. The van der Waals surface area contributed by atoms with Crippen LogP contribution < -0.4 is 0 Å². The van der Waals surface area contributed by atoms with Crippen molar-refractivity contribution in [1.29, 1.82) is 0 Å². The quantitative estimate of drug-likeness (QED) is 0.628. The Morgan fingerprint density at radius 1 is 1.00 bits per heavy atom. The van der Waals surface area contributed by atoms with Crippen molar-refractivity contribution < 1.29 is 0 Å². The van der Waals surface area contributed by atoms with Crippen LogP contribution in [0.1, 0.15) is 59.8 Å². The molecule has 1 fully saturated rings. The van der Waals surface area contributed by atoms with Gasteiger partial charge in [-0.2, -0.15) is 0 Å². The van der Waals surface area contributed by atoms with Gasteiger partial charge in [0.1, 0.15) is 0 Å². The van der Waals surface area contributed by atoms with E-state index in [2.05, 4.69) is 43.7 Å². The number of hydrogen-bond donors (Lipinski definition) is 0. The fourth-order valence-electron chi connectivity index (χ4n) is 2.23. The van der Waals surface area contributed by atoms with Gasteiger partial charge in [0.15, 0.2) is 0 Å². The minimum Gasteiger partial charge on any atom is -0.223 e. The van der Waals surface area contributed by atoms with E-state index in [9.17, 15) is 0 Å². The van der Waals surface area contributed by atoms with Crippen LogP contribution in [0, 0.1) is 5.92 Å². The van der Waals surface area contributed by atoms with Crippen molar-refractivity contribution >= 4 is 6.01 Å². The molecule has 1 aliphatic carbocycles. The van der Waals surface area contributed by atoms with Crippen molar-refractivity contribution in [3.8, 4) is 0 Å². The molecule has 2 heteroatoms. The Morgan fingerprint density at radius 2 is 1.60 bits per heavy atom. The molecular weight excluding hydrogens is 184 g/mol. The average Bonchev–Trinajstić information content (AvgIpc) is 2.18. The van der Waals surface area contributed by atoms with Crippen LogP contribution in [0.5, 0.6) is 0 Å². The van der Waals surface area contributed by atoms with Crippen LogP contribution >= 0.6 is 0 Å². The van der Waals surface area contributed by atoms with Crippen molar-refractivity contribution in [3.05, 3.63) is 0 Å². The van der Waals surface area contributed by atoms with E-state index in [0.717, 1.165) is 0 Å². The number of rotatable bonds is 3. The summed E-state index contributed by atoms with van der Waals surface area (Å²) in [6, 6.07) is 3.23. The Bertz CT molecular complexity index is 241. The molecule has 0 saturated heterocycles. The van der Waals surface area contributed by atoms with Gasteiger partial charge in [0, 0.05) is 0 Å². The van der Waals surface area contributed by atoms with Crippen molar-refractivity contribution in [3.63, 3.8) is 0 Å². The molecule has 0 bridgehead atoms. The van der Waals surface area contributed by atoms with Gasteiger partial charge in [-0.3, -0.25) is 0 Å². The summed E-state index contributed by atoms with van der Waals surface area (Å²) in [5.41, 5.74) is 0.136. The number of hydrogen-bond acceptors (Lipinski definition) is 2. The lowest BCUT2D eigenvalue weighted by atomic mass is 9.75. The predicted molar refractivity (Wildman–Crippen MR) is 65.7 cm³/mol. The molecule has 0 heterocycles. The minimum absolute atomic E-state index is 0.136. The van der Waals surface area contributed by atoms with Gasteiger partial charge in [-0.05, 0) is 32.6 Å². The van der Waals surface area contributed by atoms with Gasteiger partial charge in [0.2, 0.25) is 0 Å². The normalized spacial score (nSPS) is 20.1. The molecule has 1 saturated carbocycles. The van der Waals surface area contributed by atoms with E-state index in [1.54, 1.807) is 0 Å². The Balaban J connectivity index is 2.77. The lowest BCUT2D eigenvalue weighted by Gasteiger charge is -2.36. The Kier molecular flexibility index (Phi) is 4.53. The summed E-state index contributed by atoms with van der Waals surface area (Å²) in [7, 11) is 0. The van der Waals surface area contributed by atoms with E-state index in [1.807, 2.05) is 0 Å². The summed E-state index contributed by atoms with van der Waals surface area (Å²) in [6.45, 7) is 8.66.